The molecule has 178 valence electrons. The van der Waals surface area contributed by atoms with E-state index in [0.717, 1.165) is 60.7 Å². The molecule has 0 bridgehead atoms. The van der Waals surface area contributed by atoms with Crippen molar-refractivity contribution in [1.82, 2.24) is 4.57 Å². The van der Waals surface area contributed by atoms with E-state index in [1.807, 2.05) is 53.1 Å². The molecule has 0 N–H and O–H groups in total. The molecule has 0 aliphatic rings. The van der Waals surface area contributed by atoms with E-state index in [-0.39, 0.29) is 5.56 Å². The Balaban J connectivity index is 2.04. The maximum absolute atomic E-state index is 13.5. The van der Waals surface area contributed by atoms with Gasteiger partial charge in [-0.15, -0.1) is 0 Å². The van der Waals surface area contributed by atoms with Gasteiger partial charge < -0.3 is 18.8 Å². The van der Waals surface area contributed by atoms with Crippen LogP contribution in [0.2, 0.25) is 0 Å². The van der Waals surface area contributed by atoms with Crippen molar-refractivity contribution in [1.29, 1.82) is 0 Å². The Bertz CT molecular complexity index is 1060. The fourth-order valence-electron chi connectivity index (χ4n) is 3.65. The number of rotatable bonds is 14. The summed E-state index contributed by atoms with van der Waals surface area (Å²) in [4.78, 5) is 13.5. The van der Waals surface area contributed by atoms with Crippen molar-refractivity contribution in [2.24, 2.45) is 0 Å². The van der Waals surface area contributed by atoms with E-state index < -0.39 is 0 Å². The standard InChI is InChI=1S/C28H37NO4/c1-4-7-17-29-25-20-23(33-21-22-13-11-10-12-14-22)15-16-24(25)26(31-18-8-5-2)27(28(29)30)32-19-9-6-3/h10-16,20H,4-9,17-19,21H2,1-3H3. The fraction of sp³-hybridized carbons (Fsp3) is 0.464. The molecule has 1 aromatic heterocycles. The summed E-state index contributed by atoms with van der Waals surface area (Å²) in [6, 6.07) is 16.0. The highest BCUT2D eigenvalue weighted by molar-refractivity contribution is 5.89. The zero-order valence-electron chi connectivity index (χ0n) is 20.3. The summed E-state index contributed by atoms with van der Waals surface area (Å²) in [6.45, 7) is 8.53. The van der Waals surface area contributed by atoms with Crippen LogP contribution in [0, 0.1) is 0 Å². The molecule has 5 heteroatoms. The molecule has 0 fully saturated rings. The number of hydrogen-bond acceptors (Lipinski definition) is 4. The first-order valence-electron chi connectivity index (χ1n) is 12.3. The third-order valence-electron chi connectivity index (χ3n) is 5.62. The predicted molar refractivity (Wildman–Crippen MR) is 135 cm³/mol. The summed E-state index contributed by atoms with van der Waals surface area (Å²) in [7, 11) is 0. The number of hydrogen-bond donors (Lipinski definition) is 0. The van der Waals surface area contributed by atoms with Crippen LogP contribution in [0.3, 0.4) is 0 Å². The molecule has 1 heterocycles. The minimum atomic E-state index is -0.126. The van der Waals surface area contributed by atoms with Crippen LogP contribution in [-0.2, 0) is 13.2 Å². The van der Waals surface area contributed by atoms with Gasteiger partial charge in [0.05, 0.1) is 18.7 Å². The van der Waals surface area contributed by atoms with Gasteiger partial charge in [0.25, 0.3) is 5.56 Å². The number of aromatic nitrogens is 1. The number of aryl methyl sites for hydroxylation is 1. The van der Waals surface area contributed by atoms with Crippen LogP contribution in [0.15, 0.2) is 53.3 Å². The zero-order valence-corrected chi connectivity index (χ0v) is 20.3. The molecule has 0 radical (unpaired) electrons. The molecule has 3 aromatic rings. The molecule has 3 rings (SSSR count). The van der Waals surface area contributed by atoms with Crippen molar-refractivity contribution < 1.29 is 14.2 Å². The normalized spacial score (nSPS) is 11.0. The van der Waals surface area contributed by atoms with Crippen LogP contribution in [0.4, 0.5) is 0 Å². The second-order valence-electron chi connectivity index (χ2n) is 8.33. The van der Waals surface area contributed by atoms with Crippen molar-refractivity contribution in [3.63, 3.8) is 0 Å². The van der Waals surface area contributed by atoms with Gasteiger partial charge in [-0.25, -0.2) is 0 Å². The first kappa shape index (κ1) is 24.7. The molecule has 0 atom stereocenters. The number of ether oxygens (including phenoxy) is 3. The highest BCUT2D eigenvalue weighted by atomic mass is 16.5. The maximum atomic E-state index is 13.5. The van der Waals surface area contributed by atoms with Crippen LogP contribution in [0.1, 0.15) is 64.9 Å². The summed E-state index contributed by atoms with van der Waals surface area (Å²) >= 11 is 0. The van der Waals surface area contributed by atoms with E-state index >= 15 is 0 Å². The second-order valence-corrected chi connectivity index (χ2v) is 8.33. The average Bonchev–Trinajstić information content (AvgIpc) is 2.84. The van der Waals surface area contributed by atoms with Crippen LogP contribution in [-0.4, -0.2) is 17.8 Å². The smallest absolute Gasteiger partial charge is 0.297 e. The summed E-state index contributed by atoms with van der Waals surface area (Å²) in [5.41, 5.74) is 1.80. The van der Waals surface area contributed by atoms with Crippen LogP contribution in [0.5, 0.6) is 17.2 Å². The summed E-state index contributed by atoms with van der Waals surface area (Å²) in [5.74, 6) is 1.62. The molecule has 0 amide bonds. The lowest BCUT2D eigenvalue weighted by molar-refractivity contribution is 0.259. The number of nitrogens with zero attached hydrogens (tertiary/aromatic N) is 1. The monoisotopic (exact) mass is 451 g/mol. The number of unbranched alkanes of at least 4 members (excludes halogenated alkanes) is 3. The van der Waals surface area contributed by atoms with Crippen molar-refractivity contribution in [2.45, 2.75) is 72.4 Å². The third kappa shape index (κ3) is 6.53. The Hall–Kier alpha value is -2.95. The Kier molecular flexibility index (Phi) is 9.67. The number of fused-ring (bicyclic) bond motifs is 1. The van der Waals surface area contributed by atoms with Gasteiger partial charge in [0, 0.05) is 18.0 Å². The van der Waals surface area contributed by atoms with E-state index in [1.54, 1.807) is 0 Å². The van der Waals surface area contributed by atoms with Crippen LogP contribution in [0.25, 0.3) is 10.9 Å². The van der Waals surface area contributed by atoms with Gasteiger partial charge in [0.1, 0.15) is 12.4 Å². The topological polar surface area (TPSA) is 49.7 Å². The SMILES string of the molecule is CCCCOc1c(OCCCC)c2ccc(OCc3ccccc3)cc2n(CCCC)c1=O. The lowest BCUT2D eigenvalue weighted by atomic mass is 10.1. The summed E-state index contributed by atoms with van der Waals surface area (Å²) in [6.07, 6.45) is 5.76. The van der Waals surface area contributed by atoms with Gasteiger partial charge in [-0.3, -0.25) is 4.79 Å². The molecule has 0 spiro atoms. The molecule has 0 saturated heterocycles. The first-order valence-corrected chi connectivity index (χ1v) is 12.3. The molecular formula is C28H37NO4. The molecule has 33 heavy (non-hydrogen) atoms. The van der Waals surface area contributed by atoms with Crippen molar-refractivity contribution in [3.05, 3.63) is 64.4 Å². The van der Waals surface area contributed by atoms with Gasteiger partial charge in [-0.05, 0) is 37.0 Å². The van der Waals surface area contributed by atoms with E-state index in [2.05, 4.69) is 20.8 Å². The van der Waals surface area contributed by atoms with Crippen LogP contribution >= 0.6 is 0 Å². The van der Waals surface area contributed by atoms with Crippen LogP contribution < -0.4 is 19.8 Å². The summed E-state index contributed by atoms with van der Waals surface area (Å²) in [5, 5.41) is 0.889. The quantitative estimate of drug-likeness (QED) is 0.255. The molecule has 0 unspecified atom stereocenters. The average molecular weight is 452 g/mol. The Morgan fingerprint density at radius 1 is 0.758 bits per heavy atom. The Labute approximate surface area is 197 Å². The lowest BCUT2D eigenvalue weighted by Crippen LogP contribution is -2.24. The molecule has 5 nitrogen and oxygen atoms in total. The maximum Gasteiger partial charge on any atom is 0.297 e. The predicted octanol–water partition coefficient (Wildman–Crippen LogP) is 6.74. The van der Waals surface area contributed by atoms with E-state index in [9.17, 15) is 4.79 Å². The highest BCUT2D eigenvalue weighted by Gasteiger charge is 2.20. The van der Waals surface area contributed by atoms with E-state index in [0.29, 0.717) is 37.9 Å². The third-order valence-corrected chi connectivity index (χ3v) is 5.62. The minimum Gasteiger partial charge on any atom is -0.489 e. The van der Waals surface area contributed by atoms with Gasteiger partial charge in [0.15, 0.2) is 5.75 Å². The van der Waals surface area contributed by atoms with Crippen molar-refractivity contribution in [3.8, 4) is 17.2 Å². The van der Waals surface area contributed by atoms with Crippen molar-refractivity contribution >= 4 is 10.9 Å². The molecular weight excluding hydrogens is 414 g/mol. The van der Waals surface area contributed by atoms with Gasteiger partial charge in [-0.1, -0.05) is 70.4 Å². The Morgan fingerprint density at radius 3 is 2.09 bits per heavy atom. The van der Waals surface area contributed by atoms with E-state index in [1.165, 1.54) is 0 Å². The molecule has 0 saturated carbocycles. The van der Waals surface area contributed by atoms with E-state index in [4.69, 9.17) is 14.2 Å². The molecule has 0 aliphatic carbocycles. The molecule has 2 aromatic carbocycles. The largest absolute Gasteiger partial charge is 0.489 e. The van der Waals surface area contributed by atoms with Gasteiger partial charge >= 0.3 is 0 Å². The lowest BCUT2D eigenvalue weighted by Gasteiger charge is -2.19. The molecule has 0 aliphatic heterocycles. The second kappa shape index (κ2) is 12.9. The number of benzene rings is 2. The highest BCUT2D eigenvalue weighted by Crippen LogP contribution is 2.35. The minimum absolute atomic E-state index is 0.126. The zero-order chi connectivity index (χ0) is 23.5. The van der Waals surface area contributed by atoms with Gasteiger partial charge in [-0.2, -0.15) is 0 Å². The number of pyridine rings is 1. The first-order chi connectivity index (χ1) is 16.2. The Morgan fingerprint density at radius 2 is 1.42 bits per heavy atom. The fourth-order valence-corrected chi connectivity index (χ4v) is 3.65. The van der Waals surface area contributed by atoms with Crippen molar-refractivity contribution in [2.75, 3.05) is 13.2 Å². The summed E-state index contributed by atoms with van der Waals surface area (Å²) < 4.78 is 20.0. The van der Waals surface area contributed by atoms with Gasteiger partial charge in [0.2, 0.25) is 5.75 Å².